The third kappa shape index (κ3) is 4.95. The van der Waals surface area contributed by atoms with E-state index in [9.17, 15) is 4.55 Å². The van der Waals surface area contributed by atoms with Gasteiger partial charge in [-0.15, -0.1) is 0 Å². The molecule has 4 rings (SSSR count). The first-order valence-corrected chi connectivity index (χ1v) is 11.4. The van der Waals surface area contributed by atoms with E-state index in [1.54, 1.807) is 6.20 Å². The second kappa shape index (κ2) is 8.93. The molecule has 30 heavy (non-hydrogen) atoms. The summed E-state index contributed by atoms with van der Waals surface area (Å²) in [6.07, 6.45) is 2.10. The smallest absolute Gasteiger partial charge is 0.322 e. The van der Waals surface area contributed by atoms with Gasteiger partial charge in [-0.2, -0.15) is 4.98 Å². The average molecular weight is 430 g/mol. The standard InChI is InChI=1S/C22H27N3O4S/c1-15-18(12-30(26)21-24-16-6-4-5-7-17(16)25-21)23-10-8-19(15)27-11-9-20-28-13-22(2,3)14-29-20/h4-8,10,20H,9,11-14H2,1-3H3,(H,24,25). The molecule has 3 heterocycles. The van der Waals surface area contributed by atoms with Crippen molar-refractivity contribution in [1.29, 1.82) is 0 Å². The number of hydrogen-bond acceptors (Lipinski definition) is 6. The topological polar surface area (TPSA) is 92.3 Å². The first kappa shape index (κ1) is 21.1. The molecule has 160 valence electrons. The predicted molar refractivity (Wildman–Crippen MR) is 115 cm³/mol. The number of nitrogens with one attached hydrogen (secondary N) is 1. The fourth-order valence-electron chi connectivity index (χ4n) is 3.25. The van der Waals surface area contributed by atoms with Gasteiger partial charge in [0.1, 0.15) is 5.75 Å². The van der Waals surface area contributed by atoms with Crippen molar-refractivity contribution in [3.05, 3.63) is 47.8 Å². The molecule has 0 amide bonds. The van der Waals surface area contributed by atoms with Gasteiger partial charge in [0.25, 0.3) is 0 Å². The molecule has 0 radical (unpaired) electrons. The van der Waals surface area contributed by atoms with E-state index in [1.807, 2.05) is 37.3 Å². The average Bonchev–Trinajstić information content (AvgIpc) is 3.16. The van der Waals surface area contributed by atoms with E-state index in [2.05, 4.69) is 28.8 Å². The maximum Gasteiger partial charge on any atom is 0.322 e. The molecule has 1 N–H and O–H groups in total. The van der Waals surface area contributed by atoms with Crippen molar-refractivity contribution in [1.82, 2.24) is 15.0 Å². The molecule has 1 unspecified atom stereocenters. The maximum atomic E-state index is 12.8. The van der Waals surface area contributed by atoms with Crippen molar-refractivity contribution >= 4 is 22.2 Å². The maximum absolute atomic E-state index is 12.8. The minimum Gasteiger partial charge on any atom is -0.609 e. The van der Waals surface area contributed by atoms with Gasteiger partial charge in [-0.3, -0.25) is 9.97 Å². The molecule has 1 atom stereocenters. The Hall–Kier alpha value is -2.13. The van der Waals surface area contributed by atoms with E-state index in [0.29, 0.717) is 31.4 Å². The fraction of sp³-hybridized carbons (Fsp3) is 0.455. The lowest BCUT2D eigenvalue weighted by atomic mass is 9.95. The second-order valence-electron chi connectivity index (χ2n) is 8.28. The number of fused-ring (bicyclic) bond motifs is 1. The molecule has 1 aromatic carbocycles. The zero-order chi connectivity index (χ0) is 21.1. The van der Waals surface area contributed by atoms with Gasteiger partial charge in [0.2, 0.25) is 0 Å². The highest BCUT2D eigenvalue weighted by molar-refractivity contribution is 7.90. The third-order valence-corrected chi connectivity index (χ3v) is 6.20. The van der Waals surface area contributed by atoms with Crippen LogP contribution in [-0.4, -0.2) is 45.6 Å². The molecule has 3 aromatic rings. The van der Waals surface area contributed by atoms with E-state index in [-0.39, 0.29) is 17.5 Å². The number of ether oxygens (including phenoxy) is 3. The van der Waals surface area contributed by atoms with E-state index in [1.165, 1.54) is 0 Å². The van der Waals surface area contributed by atoms with Crippen molar-refractivity contribution in [3.63, 3.8) is 0 Å². The monoisotopic (exact) mass is 429 g/mol. The van der Waals surface area contributed by atoms with Crippen LogP contribution in [0, 0.1) is 12.3 Å². The molecule has 0 aliphatic carbocycles. The Kier molecular flexibility index (Phi) is 6.29. The molecule has 2 aromatic heterocycles. The van der Waals surface area contributed by atoms with Gasteiger partial charge in [-0.25, -0.2) is 0 Å². The van der Waals surface area contributed by atoms with E-state index in [4.69, 9.17) is 14.2 Å². The van der Waals surface area contributed by atoms with Crippen LogP contribution in [-0.2, 0) is 26.4 Å². The summed E-state index contributed by atoms with van der Waals surface area (Å²) in [5, 5.41) is 0.457. The zero-order valence-electron chi connectivity index (χ0n) is 17.5. The van der Waals surface area contributed by atoms with Crippen LogP contribution in [0.15, 0.2) is 41.7 Å². The summed E-state index contributed by atoms with van der Waals surface area (Å²) in [5.41, 5.74) is 3.35. The lowest BCUT2D eigenvalue weighted by Crippen LogP contribution is -2.38. The van der Waals surface area contributed by atoms with E-state index in [0.717, 1.165) is 28.0 Å². The Balaban J connectivity index is 1.35. The van der Waals surface area contributed by atoms with Crippen LogP contribution in [0.5, 0.6) is 5.75 Å². The van der Waals surface area contributed by atoms with Crippen molar-refractivity contribution < 1.29 is 18.8 Å². The van der Waals surface area contributed by atoms with Crippen LogP contribution in [0.2, 0.25) is 0 Å². The van der Waals surface area contributed by atoms with Gasteiger partial charge < -0.3 is 18.8 Å². The van der Waals surface area contributed by atoms with Gasteiger partial charge in [-0.1, -0.05) is 26.0 Å². The number of aromatic nitrogens is 3. The molecule has 8 heteroatoms. The van der Waals surface area contributed by atoms with Crippen molar-refractivity contribution in [2.75, 3.05) is 19.8 Å². The Morgan fingerprint density at radius 1 is 1.23 bits per heavy atom. The second-order valence-corrected chi connectivity index (χ2v) is 9.65. The van der Waals surface area contributed by atoms with Crippen molar-refractivity contribution in [2.45, 2.75) is 44.4 Å². The number of nitrogens with zero attached hydrogens (tertiary/aromatic N) is 2. The van der Waals surface area contributed by atoms with Crippen LogP contribution in [0.3, 0.4) is 0 Å². The highest BCUT2D eigenvalue weighted by atomic mass is 32.2. The lowest BCUT2D eigenvalue weighted by Gasteiger charge is -2.34. The van der Waals surface area contributed by atoms with Gasteiger partial charge in [0.15, 0.2) is 12.0 Å². The van der Waals surface area contributed by atoms with Crippen LogP contribution < -0.4 is 4.74 Å². The molecule has 7 nitrogen and oxygen atoms in total. The molecule has 0 saturated carbocycles. The number of para-hydroxylation sites is 2. The number of benzene rings is 1. The normalized spacial score (nSPS) is 17.9. The van der Waals surface area contributed by atoms with Gasteiger partial charge in [0, 0.05) is 34.8 Å². The summed E-state index contributed by atoms with van der Waals surface area (Å²) < 4.78 is 30.3. The summed E-state index contributed by atoms with van der Waals surface area (Å²) in [7, 11) is 0. The van der Waals surface area contributed by atoms with Crippen LogP contribution in [0.1, 0.15) is 31.5 Å². The highest BCUT2D eigenvalue weighted by Gasteiger charge is 2.28. The van der Waals surface area contributed by atoms with Crippen LogP contribution in [0.4, 0.5) is 0 Å². The molecule has 1 fully saturated rings. The minimum absolute atomic E-state index is 0.0590. The quantitative estimate of drug-likeness (QED) is 0.575. The molecule has 1 aliphatic heterocycles. The van der Waals surface area contributed by atoms with Crippen LogP contribution >= 0.6 is 0 Å². The Bertz CT molecular complexity index is 964. The predicted octanol–water partition coefficient (Wildman–Crippen LogP) is 3.74. The largest absolute Gasteiger partial charge is 0.609 e. The molecule has 1 saturated heterocycles. The zero-order valence-corrected chi connectivity index (χ0v) is 18.3. The molecular formula is C22H27N3O4S. The Labute approximate surface area is 179 Å². The summed E-state index contributed by atoms with van der Waals surface area (Å²) in [5.74, 6) is 1.00. The molecule has 1 aliphatic rings. The summed E-state index contributed by atoms with van der Waals surface area (Å²) in [6.45, 7) is 8.02. The third-order valence-electron chi connectivity index (χ3n) is 5.04. The Morgan fingerprint density at radius 3 is 2.77 bits per heavy atom. The SMILES string of the molecule is Cc1c(OCCC2OCC(C)(C)CO2)ccnc1C[S+]([O-])c1nc2ccccc2[nH]1. The van der Waals surface area contributed by atoms with E-state index < -0.39 is 11.2 Å². The van der Waals surface area contributed by atoms with Gasteiger partial charge >= 0.3 is 5.16 Å². The molecule has 0 bridgehead atoms. The summed E-state index contributed by atoms with van der Waals surface area (Å²) in [6, 6.07) is 9.47. The fourth-order valence-corrected chi connectivity index (χ4v) is 4.35. The van der Waals surface area contributed by atoms with E-state index >= 15 is 0 Å². The molecule has 0 spiro atoms. The first-order chi connectivity index (χ1) is 14.4. The van der Waals surface area contributed by atoms with Crippen molar-refractivity contribution in [2.24, 2.45) is 5.41 Å². The summed E-state index contributed by atoms with van der Waals surface area (Å²) >= 11 is -1.33. The summed E-state index contributed by atoms with van der Waals surface area (Å²) in [4.78, 5) is 12.0. The lowest BCUT2D eigenvalue weighted by molar-refractivity contribution is -0.225. The minimum atomic E-state index is -1.33. The van der Waals surface area contributed by atoms with Crippen molar-refractivity contribution in [3.8, 4) is 5.75 Å². The molecular weight excluding hydrogens is 402 g/mol. The number of aromatic amines is 1. The highest BCUT2D eigenvalue weighted by Crippen LogP contribution is 2.26. The first-order valence-electron chi connectivity index (χ1n) is 10.0. The number of pyridine rings is 1. The van der Waals surface area contributed by atoms with Gasteiger partial charge in [0.05, 0.1) is 36.5 Å². The number of H-pyrrole nitrogens is 1. The van der Waals surface area contributed by atoms with Crippen LogP contribution in [0.25, 0.3) is 11.0 Å². The van der Waals surface area contributed by atoms with Gasteiger partial charge in [-0.05, 0) is 25.1 Å². The number of hydrogen-bond donors (Lipinski definition) is 1. The number of rotatable bonds is 7. The Morgan fingerprint density at radius 2 is 2.00 bits per heavy atom. The number of imidazole rings is 1.